The Morgan fingerprint density at radius 3 is 2.69 bits per heavy atom. The van der Waals surface area contributed by atoms with Crippen LogP contribution in [-0.4, -0.2) is 6.61 Å². The first-order chi connectivity index (χ1) is 7.81. The molecule has 0 radical (unpaired) electrons. The molecule has 0 heterocycles. The lowest BCUT2D eigenvalue weighted by Crippen LogP contribution is -1.98. The molecule has 1 heteroatoms. The zero-order chi connectivity index (χ0) is 11.8. The maximum absolute atomic E-state index is 5.64. The third-order valence-corrected chi connectivity index (χ3v) is 2.65. The molecule has 0 aliphatic heterocycles. The van der Waals surface area contributed by atoms with Crippen molar-refractivity contribution in [3.8, 4) is 5.75 Å². The van der Waals surface area contributed by atoms with Crippen molar-refractivity contribution < 1.29 is 4.74 Å². The minimum absolute atomic E-state index is 0.801. The van der Waals surface area contributed by atoms with Crippen LogP contribution in [0, 0.1) is 0 Å². The minimum Gasteiger partial charge on any atom is -0.494 e. The molecule has 0 aliphatic carbocycles. The van der Waals surface area contributed by atoms with Crippen molar-refractivity contribution in [3.05, 3.63) is 42.0 Å². The van der Waals surface area contributed by atoms with E-state index in [1.807, 2.05) is 6.08 Å². The Morgan fingerprint density at radius 2 is 2.06 bits per heavy atom. The fraction of sp³-hybridized carbons (Fsp3) is 0.467. The Kier molecular flexibility index (Phi) is 5.69. The molecule has 0 amide bonds. The Balaban J connectivity index is 2.75. The van der Waals surface area contributed by atoms with Gasteiger partial charge in [0.25, 0.3) is 0 Å². The Labute approximate surface area is 99.1 Å². The van der Waals surface area contributed by atoms with E-state index in [9.17, 15) is 0 Å². The van der Waals surface area contributed by atoms with E-state index >= 15 is 0 Å². The van der Waals surface area contributed by atoms with Gasteiger partial charge in [-0.05, 0) is 48.9 Å². The van der Waals surface area contributed by atoms with E-state index in [0.29, 0.717) is 0 Å². The lowest BCUT2D eigenvalue weighted by atomic mass is 10.0. The van der Waals surface area contributed by atoms with E-state index in [-0.39, 0.29) is 0 Å². The van der Waals surface area contributed by atoms with Crippen molar-refractivity contribution in [2.45, 2.75) is 39.5 Å². The maximum atomic E-state index is 5.64. The van der Waals surface area contributed by atoms with Crippen molar-refractivity contribution >= 4 is 0 Å². The molecule has 0 aliphatic rings. The zero-order valence-corrected chi connectivity index (χ0v) is 10.5. The Bertz CT molecular complexity index is 328. The predicted octanol–water partition coefficient (Wildman–Crippen LogP) is 4.16. The van der Waals surface area contributed by atoms with E-state index < -0.39 is 0 Å². The molecule has 0 saturated carbocycles. The van der Waals surface area contributed by atoms with Gasteiger partial charge in [0.1, 0.15) is 5.75 Å². The Hall–Kier alpha value is -1.24. The van der Waals surface area contributed by atoms with Gasteiger partial charge >= 0.3 is 0 Å². The van der Waals surface area contributed by atoms with Gasteiger partial charge in [-0.1, -0.05) is 26.0 Å². The largest absolute Gasteiger partial charge is 0.494 e. The second-order valence-corrected chi connectivity index (χ2v) is 3.96. The quantitative estimate of drug-likeness (QED) is 0.624. The van der Waals surface area contributed by atoms with Crippen LogP contribution in [0.25, 0.3) is 0 Å². The van der Waals surface area contributed by atoms with Crippen molar-refractivity contribution in [2.75, 3.05) is 6.61 Å². The number of benzene rings is 1. The van der Waals surface area contributed by atoms with Crippen molar-refractivity contribution in [1.82, 2.24) is 0 Å². The van der Waals surface area contributed by atoms with Crippen LogP contribution in [-0.2, 0) is 12.8 Å². The molecule has 0 aromatic heterocycles. The molecule has 1 rings (SSSR count). The number of hydrogen-bond donors (Lipinski definition) is 0. The number of allylic oxidation sites excluding steroid dienone is 1. The molecular formula is C15H22O. The fourth-order valence-corrected chi connectivity index (χ4v) is 1.74. The fourth-order valence-electron chi connectivity index (χ4n) is 1.74. The summed E-state index contributed by atoms with van der Waals surface area (Å²) in [5.74, 6) is 1.00. The molecule has 0 fully saturated rings. The number of ether oxygens (including phenoxy) is 1. The van der Waals surface area contributed by atoms with Gasteiger partial charge in [-0.3, -0.25) is 0 Å². The van der Waals surface area contributed by atoms with Crippen LogP contribution < -0.4 is 4.74 Å². The molecule has 1 nitrogen and oxygen atoms in total. The highest BCUT2D eigenvalue weighted by molar-refractivity contribution is 5.36. The molecule has 1 aromatic rings. The van der Waals surface area contributed by atoms with Gasteiger partial charge in [0.15, 0.2) is 0 Å². The van der Waals surface area contributed by atoms with Crippen LogP contribution in [0.3, 0.4) is 0 Å². The first kappa shape index (κ1) is 12.8. The highest BCUT2D eigenvalue weighted by Crippen LogP contribution is 2.20. The zero-order valence-electron chi connectivity index (χ0n) is 10.5. The maximum Gasteiger partial charge on any atom is 0.119 e. The first-order valence-electron chi connectivity index (χ1n) is 6.17. The van der Waals surface area contributed by atoms with E-state index in [2.05, 4.69) is 38.6 Å². The van der Waals surface area contributed by atoms with Gasteiger partial charge in [0, 0.05) is 0 Å². The van der Waals surface area contributed by atoms with Crippen molar-refractivity contribution in [2.24, 2.45) is 0 Å². The molecule has 1 aromatic carbocycles. The van der Waals surface area contributed by atoms with E-state index in [0.717, 1.165) is 38.0 Å². The number of aryl methyl sites for hydroxylation is 2. The van der Waals surface area contributed by atoms with Gasteiger partial charge in [0.2, 0.25) is 0 Å². The highest BCUT2D eigenvalue weighted by Gasteiger charge is 2.02. The molecule has 16 heavy (non-hydrogen) atoms. The summed E-state index contributed by atoms with van der Waals surface area (Å²) in [6, 6.07) is 6.44. The summed E-state index contributed by atoms with van der Waals surface area (Å²) < 4.78 is 5.64. The number of rotatable bonds is 7. The summed E-state index contributed by atoms with van der Waals surface area (Å²) in [6.07, 6.45) is 6.22. The molecule has 0 bridgehead atoms. The summed E-state index contributed by atoms with van der Waals surface area (Å²) >= 11 is 0. The second-order valence-electron chi connectivity index (χ2n) is 3.96. The SMILES string of the molecule is C=CCCc1ccc(OCCC)cc1CC. The average molecular weight is 218 g/mol. The smallest absolute Gasteiger partial charge is 0.119 e. The van der Waals surface area contributed by atoms with Crippen LogP contribution in [0.2, 0.25) is 0 Å². The van der Waals surface area contributed by atoms with Crippen LogP contribution in [0.1, 0.15) is 37.8 Å². The summed E-state index contributed by atoms with van der Waals surface area (Å²) in [6.45, 7) is 8.88. The van der Waals surface area contributed by atoms with Gasteiger partial charge < -0.3 is 4.74 Å². The van der Waals surface area contributed by atoms with Gasteiger partial charge in [-0.25, -0.2) is 0 Å². The van der Waals surface area contributed by atoms with Gasteiger partial charge in [0.05, 0.1) is 6.61 Å². The van der Waals surface area contributed by atoms with E-state index in [1.54, 1.807) is 0 Å². The van der Waals surface area contributed by atoms with Crippen LogP contribution in [0.4, 0.5) is 0 Å². The summed E-state index contributed by atoms with van der Waals surface area (Å²) in [5, 5.41) is 0. The minimum atomic E-state index is 0.801. The van der Waals surface area contributed by atoms with Crippen molar-refractivity contribution in [3.63, 3.8) is 0 Å². The summed E-state index contributed by atoms with van der Waals surface area (Å²) in [4.78, 5) is 0. The third-order valence-electron chi connectivity index (χ3n) is 2.65. The summed E-state index contributed by atoms with van der Waals surface area (Å²) in [7, 11) is 0. The molecule has 0 unspecified atom stereocenters. The normalized spacial score (nSPS) is 10.1. The van der Waals surface area contributed by atoms with Crippen LogP contribution >= 0.6 is 0 Å². The molecular weight excluding hydrogens is 196 g/mol. The van der Waals surface area contributed by atoms with E-state index in [1.165, 1.54) is 11.1 Å². The summed E-state index contributed by atoms with van der Waals surface area (Å²) in [5.41, 5.74) is 2.82. The van der Waals surface area contributed by atoms with Crippen molar-refractivity contribution in [1.29, 1.82) is 0 Å². The Morgan fingerprint density at radius 1 is 1.25 bits per heavy atom. The molecule has 0 saturated heterocycles. The number of hydrogen-bond acceptors (Lipinski definition) is 1. The topological polar surface area (TPSA) is 9.23 Å². The predicted molar refractivity (Wildman–Crippen MR) is 70.1 cm³/mol. The molecule has 0 N–H and O–H groups in total. The lowest BCUT2D eigenvalue weighted by Gasteiger charge is -2.10. The average Bonchev–Trinajstić information content (AvgIpc) is 2.34. The third kappa shape index (κ3) is 3.73. The second kappa shape index (κ2) is 7.10. The molecule has 88 valence electrons. The standard InChI is InChI=1S/C15H22O/c1-4-7-8-14-9-10-15(16-11-5-2)12-13(14)6-3/h4,9-10,12H,1,5-8,11H2,2-3H3. The lowest BCUT2D eigenvalue weighted by molar-refractivity contribution is 0.317. The van der Waals surface area contributed by atoms with E-state index in [4.69, 9.17) is 4.74 Å². The first-order valence-corrected chi connectivity index (χ1v) is 6.17. The highest BCUT2D eigenvalue weighted by atomic mass is 16.5. The van der Waals surface area contributed by atoms with Gasteiger partial charge in [-0.15, -0.1) is 6.58 Å². The molecule has 0 atom stereocenters. The van der Waals surface area contributed by atoms with Crippen LogP contribution in [0.5, 0.6) is 5.75 Å². The van der Waals surface area contributed by atoms with Crippen LogP contribution in [0.15, 0.2) is 30.9 Å². The van der Waals surface area contributed by atoms with Gasteiger partial charge in [-0.2, -0.15) is 0 Å². The molecule has 0 spiro atoms. The monoisotopic (exact) mass is 218 g/mol.